The van der Waals surface area contributed by atoms with Crippen LogP contribution in [0.15, 0.2) is 18.2 Å². The fourth-order valence-electron chi connectivity index (χ4n) is 2.48. The van der Waals surface area contributed by atoms with E-state index in [2.05, 4.69) is 4.90 Å². The minimum atomic E-state index is -0.384. The maximum absolute atomic E-state index is 13.4. The van der Waals surface area contributed by atoms with E-state index in [0.29, 0.717) is 13.2 Å². The number of halogens is 2. The van der Waals surface area contributed by atoms with Crippen LogP contribution >= 0.6 is 11.6 Å². The molecule has 0 spiro atoms. The van der Waals surface area contributed by atoms with Gasteiger partial charge in [-0.2, -0.15) is 0 Å². The van der Waals surface area contributed by atoms with Gasteiger partial charge in [0, 0.05) is 6.54 Å². The molecule has 0 aromatic heterocycles. The molecular formula is C15H19ClFNO2. The number of benzene rings is 1. The van der Waals surface area contributed by atoms with Gasteiger partial charge in [-0.25, -0.2) is 4.39 Å². The van der Waals surface area contributed by atoms with E-state index in [1.807, 2.05) is 13.0 Å². The Hall–Kier alpha value is -1.13. The van der Waals surface area contributed by atoms with Gasteiger partial charge in [0.25, 0.3) is 0 Å². The van der Waals surface area contributed by atoms with Gasteiger partial charge in [0.2, 0.25) is 0 Å². The first kappa shape index (κ1) is 15.3. The summed E-state index contributed by atoms with van der Waals surface area (Å²) in [6.45, 7) is 4.59. The third-order valence-electron chi connectivity index (χ3n) is 3.60. The molecule has 0 amide bonds. The summed E-state index contributed by atoms with van der Waals surface area (Å²) in [5, 5.41) is 0.148. The standard InChI is InChI=1S/C15H19ClFNO2/c1-2-20-15(19)12-5-7-18(8-6-12)10-11-3-4-13(16)14(17)9-11/h3-4,9,12H,2,5-8,10H2,1H3. The van der Waals surface area contributed by atoms with Crippen molar-refractivity contribution in [1.82, 2.24) is 4.90 Å². The molecule has 1 aliphatic heterocycles. The molecule has 0 aliphatic carbocycles. The van der Waals surface area contributed by atoms with Crippen molar-refractivity contribution in [3.05, 3.63) is 34.6 Å². The summed E-state index contributed by atoms with van der Waals surface area (Å²) < 4.78 is 18.4. The van der Waals surface area contributed by atoms with Gasteiger partial charge in [0.05, 0.1) is 17.5 Å². The van der Waals surface area contributed by atoms with Gasteiger partial charge in [-0.05, 0) is 50.6 Å². The lowest BCUT2D eigenvalue weighted by atomic mass is 9.96. The van der Waals surface area contributed by atoms with Gasteiger partial charge in [-0.15, -0.1) is 0 Å². The second kappa shape index (κ2) is 7.04. The minimum absolute atomic E-state index is 0.00755. The Kier molecular flexibility index (Phi) is 5.38. The van der Waals surface area contributed by atoms with Crippen LogP contribution in [0.5, 0.6) is 0 Å². The average Bonchev–Trinajstić information content (AvgIpc) is 2.44. The monoisotopic (exact) mass is 299 g/mol. The van der Waals surface area contributed by atoms with Gasteiger partial charge in [0.1, 0.15) is 5.82 Å². The van der Waals surface area contributed by atoms with Crippen LogP contribution < -0.4 is 0 Å². The van der Waals surface area contributed by atoms with Crippen molar-refractivity contribution in [3.8, 4) is 0 Å². The van der Waals surface area contributed by atoms with Crippen molar-refractivity contribution in [2.75, 3.05) is 19.7 Å². The molecule has 0 atom stereocenters. The molecule has 5 heteroatoms. The van der Waals surface area contributed by atoms with Crippen LogP contribution in [0, 0.1) is 11.7 Å². The summed E-state index contributed by atoms with van der Waals surface area (Å²) in [6.07, 6.45) is 1.60. The first-order valence-electron chi connectivity index (χ1n) is 6.93. The third-order valence-corrected chi connectivity index (χ3v) is 3.90. The molecule has 0 radical (unpaired) electrons. The quantitative estimate of drug-likeness (QED) is 0.799. The summed E-state index contributed by atoms with van der Waals surface area (Å²) in [5.74, 6) is -0.469. The van der Waals surface area contributed by atoms with Crippen LogP contribution in [0.3, 0.4) is 0 Å². The van der Waals surface area contributed by atoms with E-state index in [0.717, 1.165) is 31.5 Å². The Morgan fingerprint density at radius 2 is 2.15 bits per heavy atom. The molecule has 1 saturated heterocycles. The van der Waals surface area contributed by atoms with Crippen molar-refractivity contribution in [2.24, 2.45) is 5.92 Å². The number of hydrogen-bond donors (Lipinski definition) is 0. The molecule has 0 unspecified atom stereocenters. The normalized spacial score (nSPS) is 17.1. The van der Waals surface area contributed by atoms with Crippen molar-refractivity contribution in [1.29, 1.82) is 0 Å². The van der Waals surface area contributed by atoms with Crippen LogP contribution in [-0.4, -0.2) is 30.6 Å². The molecule has 3 nitrogen and oxygen atoms in total. The minimum Gasteiger partial charge on any atom is -0.466 e. The maximum atomic E-state index is 13.4. The van der Waals surface area contributed by atoms with Gasteiger partial charge >= 0.3 is 5.97 Å². The van der Waals surface area contributed by atoms with E-state index >= 15 is 0 Å². The number of ether oxygens (including phenoxy) is 1. The van der Waals surface area contributed by atoms with Gasteiger partial charge in [0.15, 0.2) is 0 Å². The first-order chi connectivity index (χ1) is 9.60. The summed E-state index contributed by atoms with van der Waals surface area (Å²) in [6, 6.07) is 4.89. The number of hydrogen-bond acceptors (Lipinski definition) is 3. The molecule has 2 rings (SSSR count). The van der Waals surface area contributed by atoms with Gasteiger partial charge < -0.3 is 4.74 Å². The maximum Gasteiger partial charge on any atom is 0.309 e. The Labute approximate surface area is 123 Å². The van der Waals surface area contributed by atoms with E-state index in [1.54, 1.807) is 6.07 Å². The third kappa shape index (κ3) is 3.93. The summed E-state index contributed by atoms with van der Waals surface area (Å²) in [7, 11) is 0. The van der Waals surface area contributed by atoms with Gasteiger partial charge in [-0.1, -0.05) is 17.7 Å². The second-order valence-corrected chi connectivity index (χ2v) is 5.46. The highest BCUT2D eigenvalue weighted by atomic mass is 35.5. The largest absolute Gasteiger partial charge is 0.466 e. The van der Waals surface area contributed by atoms with Crippen LogP contribution in [0.2, 0.25) is 5.02 Å². The van der Waals surface area contributed by atoms with Crippen LogP contribution in [0.1, 0.15) is 25.3 Å². The fraction of sp³-hybridized carbons (Fsp3) is 0.533. The average molecular weight is 300 g/mol. The predicted molar refractivity (Wildman–Crippen MR) is 76.0 cm³/mol. The van der Waals surface area contributed by atoms with Gasteiger partial charge in [-0.3, -0.25) is 9.69 Å². The molecule has 0 N–H and O–H groups in total. The first-order valence-corrected chi connectivity index (χ1v) is 7.31. The van der Waals surface area contributed by atoms with Crippen molar-refractivity contribution in [2.45, 2.75) is 26.3 Å². The zero-order valence-electron chi connectivity index (χ0n) is 11.6. The lowest BCUT2D eigenvalue weighted by Gasteiger charge is -2.30. The predicted octanol–water partition coefficient (Wildman–Crippen LogP) is 3.25. The van der Waals surface area contributed by atoms with Crippen molar-refractivity contribution in [3.63, 3.8) is 0 Å². The number of nitrogens with zero attached hydrogens (tertiary/aromatic N) is 1. The number of carbonyl (C=O) groups excluding carboxylic acids is 1. The summed E-state index contributed by atoms with van der Waals surface area (Å²) in [4.78, 5) is 13.9. The van der Waals surface area contributed by atoms with Crippen molar-refractivity contribution >= 4 is 17.6 Å². The topological polar surface area (TPSA) is 29.5 Å². The van der Waals surface area contributed by atoms with E-state index in [4.69, 9.17) is 16.3 Å². The highest BCUT2D eigenvalue weighted by Gasteiger charge is 2.25. The molecule has 20 heavy (non-hydrogen) atoms. The molecule has 1 aromatic rings. The fourth-order valence-corrected chi connectivity index (χ4v) is 2.60. The number of rotatable bonds is 4. The number of esters is 1. The Balaban J connectivity index is 1.85. The van der Waals surface area contributed by atoms with E-state index in [-0.39, 0.29) is 22.7 Å². The second-order valence-electron chi connectivity index (χ2n) is 5.05. The van der Waals surface area contributed by atoms with Crippen LogP contribution in [-0.2, 0) is 16.1 Å². The lowest BCUT2D eigenvalue weighted by molar-refractivity contribution is -0.149. The molecule has 1 aliphatic rings. The lowest BCUT2D eigenvalue weighted by Crippen LogP contribution is -2.36. The number of likely N-dealkylation sites (tertiary alicyclic amines) is 1. The van der Waals surface area contributed by atoms with E-state index in [9.17, 15) is 9.18 Å². The Morgan fingerprint density at radius 3 is 2.75 bits per heavy atom. The zero-order chi connectivity index (χ0) is 14.5. The molecule has 0 bridgehead atoms. The molecular weight excluding hydrogens is 281 g/mol. The highest BCUT2D eigenvalue weighted by Crippen LogP contribution is 2.22. The van der Waals surface area contributed by atoms with E-state index in [1.165, 1.54) is 6.07 Å². The molecule has 110 valence electrons. The Morgan fingerprint density at radius 1 is 1.45 bits per heavy atom. The number of piperidine rings is 1. The zero-order valence-corrected chi connectivity index (χ0v) is 12.3. The van der Waals surface area contributed by atoms with Crippen molar-refractivity contribution < 1.29 is 13.9 Å². The molecule has 1 fully saturated rings. The summed E-state index contributed by atoms with van der Waals surface area (Å²) >= 11 is 5.67. The van der Waals surface area contributed by atoms with Crippen LogP contribution in [0.25, 0.3) is 0 Å². The highest BCUT2D eigenvalue weighted by molar-refractivity contribution is 6.30. The Bertz CT molecular complexity index is 473. The van der Waals surface area contributed by atoms with E-state index < -0.39 is 0 Å². The SMILES string of the molecule is CCOC(=O)C1CCN(Cc2ccc(Cl)c(F)c2)CC1. The number of carbonyl (C=O) groups is 1. The molecule has 0 saturated carbocycles. The molecule has 1 aromatic carbocycles. The van der Waals surface area contributed by atoms with Crippen LogP contribution in [0.4, 0.5) is 4.39 Å². The summed E-state index contributed by atoms with van der Waals surface area (Å²) in [5.41, 5.74) is 0.904. The molecule has 1 heterocycles. The smallest absolute Gasteiger partial charge is 0.309 e.